The summed E-state index contributed by atoms with van der Waals surface area (Å²) >= 11 is 13.3. The van der Waals surface area contributed by atoms with E-state index in [4.69, 9.17) is 23.2 Å². The molecule has 0 aliphatic carbocycles. The van der Waals surface area contributed by atoms with Crippen LogP contribution in [0, 0.1) is 12.7 Å². The molecule has 0 aliphatic heterocycles. The number of rotatable bonds is 4. The largest absolute Gasteiger partial charge is 0.433 e. The summed E-state index contributed by atoms with van der Waals surface area (Å²) in [6.45, 7) is 1.74. The summed E-state index contributed by atoms with van der Waals surface area (Å²) in [5, 5.41) is 12.9. The molecule has 194 valence electrons. The normalized spacial score (nSPS) is 13.6. The Balaban J connectivity index is 1.79. The summed E-state index contributed by atoms with van der Waals surface area (Å²) in [5.74, 6) is -0.486. The Labute approximate surface area is 224 Å². The Morgan fingerprint density at radius 2 is 1.74 bits per heavy atom. The first kappa shape index (κ1) is 26.1. The van der Waals surface area contributed by atoms with E-state index >= 15 is 0 Å². The SMILES string of the molecule is Cc1cc(C(O)(c2ccc(C(F)(F)F)nc2)c2cncn2C)cc2c(Cl)c(-c3cccc(F)c3)c(Cl)nc12. The van der Waals surface area contributed by atoms with Gasteiger partial charge in [-0.3, -0.25) is 4.98 Å². The molecule has 0 bridgehead atoms. The first-order valence-electron chi connectivity index (χ1n) is 11.2. The number of hydrogen-bond acceptors (Lipinski definition) is 4. The Bertz CT molecular complexity index is 1690. The maximum atomic E-state index is 14.0. The number of imidazole rings is 1. The fraction of sp³-hybridized carbons (Fsp3) is 0.148. The number of aryl methyl sites for hydroxylation is 2. The van der Waals surface area contributed by atoms with E-state index < -0.39 is 23.3 Å². The highest BCUT2D eigenvalue weighted by Crippen LogP contribution is 2.43. The first-order chi connectivity index (χ1) is 17.9. The van der Waals surface area contributed by atoms with Crippen molar-refractivity contribution in [3.63, 3.8) is 0 Å². The molecule has 2 aromatic carbocycles. The van der Waals surface area contributed by atoms with Gasteiger partial charge in [0.25, 0.3) is 0 Å². The molecule has 1 N–H and O–H groups in total. The van der Waals surface area contributed by atoms with Crippen molar-refractivity contribution in [3.8, 4) is 11.1 Å². The molecule has 3 aromatic heterocycles. The highest BCUT2D eigenvalue weighted by molar-refractivity contribution is 6.42. The van der Waals surface area contributed by atoms with E-state index in [1.807, 2.05) is 0 Å². The van der Waals surface area contributed by atoms with Crippen LogP contribution in [0.15, 0.2) is 67.3 Å². The van der Waals surface area contributed by atoms with Gasteiger partial charge in [-0.1, -0.05) is 47.5 Å². The van der Waals surface area contributed by atoms with Crippen molar-refractivity contribution in [1.82, 2.24) is 19.5 Å². The lowest BCUT2D eigenvalue weighted by molar-refractivity contribution is -0.141. The van der Waals surface area contributed by atoms with Crippen LogP contribution in [-0.4, -0.2) is 24.6 Å². The second-order valence-electron chi connectivity index (χ2n) is 8.82. The summed E-state index contributed by atoms with van der Waals surface area (Å²) in [6, 6.07) is 10.9. The van der Waals surface area contributed by atoms with Crippen molar-refractivity contribution in [1.29, 1.82) is 0 Å². The zero-order chi connectivity index (χ0) is 27.4. The molecule has 3 heterocycles. The number of alkyl halides is 3. The standard InChI is InChI=1S/C27H18Cl2F4N4O/c1-14-8-17(10-19-23(28)22(25(29)36-24(14)19)15-4-3-5-18(30)9-15)26(38,21-12-34-13-37(21)2)16-6-7-20(35-11-16)27(31,32)33/h3-13,38H,1-2H3. The van der Waals surface area contributed by atoms with Gasteiger partial charge in [-0.15, -0.1) is 0 Å². The lowest BCUT2D eigenvalue weighted by atomic mass is 9.82. The fourth-order valence-electron chi connectivity index (χ4n) is 4.52. The Morgan fingerprint density at radius 3 is 2.34 bits per heavy atom. The average molecular weight is 561 g/mol. The number of benzene rings is 2. The quantitative estimate of drug-likeness (QED) is 0.188. The van der Waals surface area contributed by atoms with Gasteiger partial charge in [0, 0.05) is 29.8 Å². The van der Waals surface area contributed by atoms with Gasteiger partial charge in [-0.05, 0) is 47.9 Å². The fourth-order valence-corrected chi connectivity index (χ4v) is 5.20. The maximum Gasteiger partial charge on any atom is 0.433 e. The zero-order valence-electron chi connectivity index (χ0n) is 19.9. The van der Waals surface area contributed by atoms with Crippen LogP contribution in [0.1, 0.15) is 28.1 Å². The molecule has 0 radical (unpaired) electrons. The second kappa shape index (κ2) is 9.34. The number of nitrogens with zero attached hydrogens (tertiary/aromatic N) is 4. The molecule has 5 aromatic rings. The van der Waals surface area contributed by atoms with E-state index in [9.17, 15) is 22.7 Å². The van der Waals surface area contributed by atoms with Gasteiger partial charge < -0.3 is 9.67 Å². The van der Waals surface area contributed by atoms with E-state index in [1.165, 1.54) is 36.8 Å². The van der Waals surface area contributed by atoms with Crippen LogP contribution in [0.5, 0.6) is 0 Å². The van der Waals surface area contributed by atoms with Crippen LogP contribution in [0.2, 0.25) is 10.2 Å². The molecule has 0 spiro atoms. The molecule has 0 saturated heterocycles. The third kappa shape index (κ3) is 4.30. The molecule has 0 aliphatic rings. The number of aromatic nitrogens is 4. The summed E-state index contributed by atoms with van der Waals surface area (Å²) in [5.41, 5.74) is -0.674. The van der Waals surface area contributed by atoms with Gasteiger partial charge in [0.1, 0.15) is 16.7 Å². The smallest absolute Gasteiger partial charge is 0.374 e. The predicted octanol–water partition coefficient (Wildman–Crippen LogP) is 7.09. The Hall–Kier alpha value is -3.53. The minimum Gasteiger partial charge on any atom is -0.374 e. The Kier molecular flexibility index (Phi) is 6.41. The number of hydrogen-bond donors (Lipinski definition) is 1. The maximum absolute atomic E-state index is 14.0. The average Bonchev–Trinajstić information content (AvgIpc) is 3.30. The van der Waals surface area contributed by atoms with Crippen molar-refractivity contribution in [2.75, 3.05) is 0 Å². The molecule has 0 saturated carbocycles. The zero-order valence-corrected chi connectivity index (χ0v) is 21.4. The summed E-state index contributed by atoms with van der Waals surface area (Å²) in [6.07, 6.45) is -0.789. The van der Waals surface area contributed by atoms with Gasteiger partial charge in [-0.2, -0.15) is 13.2 Å². The number of halogens is 6. The predicted molar refractivity (Wildman–Crippen MR) is 136 cm³/mol. The van der Waals surface area contributed by atoms with Crippen LogP contribution >= 0.6 is 23.2 Å². The number of fused-ring (bicyclic) bond motifs is 1. The number of pyridine rings is 2. The van der Waals surface area contributed by atoms with Crippen LogP contribution in [0.25, 0.3) is 22.0 Å². The molecular formula is C27H18Cl2F4N4O. The molecule has 38 heavy (non-hydrogen) atoms. The van der Waals surface area contributed by atoms with Crippen molar-refractivity contribution in [2.45, 2.75) is 18.7 Å². The highest BCUT2D eigenvalue weighted by Gasteiger charge is 2.39. The van der Waals surface area contributed by atoms with Crippen LogP contribution in [0.3, 0.4) is 0 Å². The van der Waals surface area contributed by atoms with Crippen LogP contribution < -0.4 is 0 Å². The monoisotopic (exact) mass is 560 g/mol. The van der Waals surface area contributed by atoms with Crippen molar-refractivity contribution in [2.24, 2.45) is 7.05 Å². The molecule has 0 amide bonds. The first-order valence-corrected chi connectivity index (χ1v) is 12.0. The lowest BCUT2D eigenvalue weighted by Gasteiger charge is -2.30. The third-order valence-electron chi connectivity index (χ3n) is 6.36. The van der Waals surface area contributed by atoms with E-state index in [2.05, 4.69) is 15.0 Å². The molecular weight excluding hydrogens is 543 g/mol. The second-order valence-corrected chi connectivity index (χ2v) is 9.56. The minimum absolute atomic E-state index is 0.0674. The van der Waals surface area contributed by atoms with Gasteiger partial charge in [0.05, 0.1) is 28.8 Å². The number of aliphatic hydroxyl groups is 1. The van der Waals surface area contributed by atoms with E-state index in [0.29, 0.717) is 27.6 Å². The van der Waals surface area contributed by atoms with Gasteiger partial charge in [-0.25, -0.2) is 14.4 Å². The molecule has 11 heteroatoms. The molecule has 0 fully saturated rings. The minimum atomic E-state index is -4.64. The highest BCUT2D eigenvalue weighted by atomic mass is 35.5. The van der Waals surface area contributed by atoms with Gasteiger partial charge in [0.15, 0.2) is 5.60 Å². The van der Waals surface area contributed by atoms with E-state index in [1.54, 1.807) is 36.7 Å². The van der Waals surface area contributed by atoms with E-state index in [-0.39, 0.29) is 27.0 Å². The van der Waals surface area contributed by atoms with Crippen molar-refractivity contribution >= 4 is 34.1 Å². The molecule has 1 atom stereocenters. The molecule has 1 unspecified atom stereocenters. The Morgan fingerprint density at radius 1 is 0.974 bits per heavy atom. The van der Waals surface area contributed by atoms with Crippen molar-refractivity contribution < 1.29 is 22.7 Å². The summed E-state index contributed by atoms with van der Waals surface area (Å²) in [4.78, 5) is 12.1. The summed E-state index contributed by atoms with van der Waals surface area (Å²) < 4.78 is 55.1. The lowest BCUT2D eigenvalue weighted by Crippen LogP contribution is -2.31. The van der Waals surface area contributed by atoms with Gasteiger partial charge in [0.2, 0.25) is 0 Å². The van der Waals surface area contributed by atoms with Crippen molar-refractivity contribution in [3.05, 3.63) is 111 Å². The molecule has 5 rings (SSSR count). The molecule has 5 nitrogen and oxygen atoms in total. The summed E-state index contributed by atoms with van der Waals surface area (Å²) in [7, 11) is 1.65. The topological polar surface area (TPSA) is 63.8 Å². The van der Waals surface area contributed by atoms with E-state index in [0.717, 1.165) is 12.3 Å². The van der Waals surface area contributed by atoms with Crippen LogP contribution in [-0.2, 0) is 18.8 Å². The van der Waals surface area contributed by atoms with Crippen LogP contribution in [0.4, 0.5) is 17.6 Å². The third-order valence-corrected chi connectivity index (χ3v) is 7.03. The van der Waals surface area contributed by atoms with Gasteiger partial charge >= 0.3 is 6.18 Å².